The Morgan fingerprint density at radius 1 is 0.852 bits per heavy atom. The van der Waals surface area contributed by atoms with E-state index in [4.69, 9.17) is 9.47 Å². The predicted octanol–water partition coefficient (Wildman–Crippen LogP) is -2.71. The minimum absolute atomic E-state index is 0. The van der Waals surface area contributed by atoms with Gasteiger partial charge in [0.2, 0.25) is 0 Å². The standard InChI is InChI=1S/C5H11O3.3C4H6O2.Ti/c1-5(7-2)8-4-3-6;3*1-3(2)4(5)6;/h5H,3-4H2,1-2H3;3*1H2,2H3,(H,5,6);/q-1;;;;+4/p-3. The fourth-order valence-electron chi connectivity index (χ4n) is 0.282. The van der Waals surface area contributed by atoms with Gasteiger partial charge in [-0.15, -0.1) is 6.61 Å². The molecular weight excluding hydrogens is 396 g/mol. The number of carboxylic acid groups (broad SMARTS) is 3. The molecule has 0 fully saturated rings. The molecule has 9 nitrogen and oxygen atoms in total. The van der Waals surface area contributed by atoms with Gasteiger partial charge in [0, 0.05) is 13.7 Å². The van der Waals surface area contributed by atoms with Crippen LogP contribution < -0.4 is 20.4 Å². The Morgan fingerprint density at radius 2 is 1.07 bits per heavy atom. The van der Waals surface area contributed by atoms with Crippen LogP contribution in [0.15, 0.2) is 36.5 Å². The van der Waals surface area contributed by atoms with E-state index in [-0.39, 0.29) is 57.9 Å². The summed E-state index contributed by atoms with van der Waals surface area (Å²) in [6.45, 7) is 15.2. The molecule has 0 heterocycles. The molecule has 0 aromatic carbocycles. The normalized spacial score (nSPS) is 9.11. The molecule has 0 bridgehead atoms. The number of carbonyl (C=O) groups excluding carboxylic acids is 3. The first-order valence-electron chi connectivity index (χ1n) is 7.07. The summed E-state index contributed by atoms with van der Waals surface area (Å²) in [5.74, 6) is -3.56. The number of rotatable bonds is 7. The van der Waals surface area contributed by atoms with Gasteiger partial charge in [-0.2, -0.15) is 0 Å². The molecule has 1 unspecified atom stereocenters. The average Bonchev–Trinajstić information content (AvgIpc) is 2.53. The van der Waals surface area contributed by atoms with E-state index in [1.165, 1.54) is 27.9 Å². The van der Waals surface area contributed by atoms with Gasteiger partial charge < -0.3 is 44.3 Å². The van der Waals surface area contributed by atoms with Crippen LogP contribution in [0.25, 0.3) is 0 Å². The quantitative estimate of drug-likeness (QED) is 0.241. The first-order valence-corrected chi connectivity index (χ1v) is 7.07. The van der Waals surface area contributed by atoms with Gasteiger partial charge in [-0.25, -0.2) is 0 Å². The molecule has 0 saturated heterocycles. The fourth-order valence-corrected chi connectivity index (χ4v) is 0.282. The van der Waals surface area contributed by atoms with Crippen LogP contribution in [0.1, 0.15) is 27.7 Å². The molecule has 0 aromatic rings. The van der Waals surface area contributed by atoms with Crippen LogP contribution in [-0.2, 0) is 45.6 Å². The van der Waals surface area contributed by atoms with Gasteiger partial charge in [0.1, 0.15) is 0 Å². The topological polar surface area (TPSA) is 162 Å². The summed E-state index contributed by atoms with van der Waals surface area (Å²) in [6, 6.07) is 0. The van der Waals surface area contributed by atoms with E-state index < -0.39 is 17.9 Å². The number of hydrogen-bond acceptors (Lipinski definition) is 9. The summed E-state index contributed by atoms with van der Waals surface area (Å²) >= 11 is 0. The van der Waals surface area contributed by atoms with E-state index in [2.05, 4.69) is 19.7 Å². The number of methoxy groups -OCH3 is 1. The van der Waals surface area contributed by atoms with E-state index in [9.17, 15) is 34.8 Å². The second-order valence-corrected chi connectivity index (χ2v) is 4.58. The van der Waals surface area contributed by atoms with E-state index >= 15 is 0 Å². The van der Waals surface area contributed by atoms with Crippen LogP contribution in [0.3, 0.4) is 0 Å². The summed E-state index contributed by atoms with van der Waals surface area (Å²) in [6.07, 6.45) is -0.246. The minimum Gasteiger partial charge on any atom is -0.853 e. The third kappa shape index (κ3) is 45.5. The van der Waals surface area contributed by atoms with E-state index in [1.54, 1.807) is 6.92 Å². The smallest absolute Gasteiger partial charge is 0.853 e. The number of aliphatic carboxylic acids is 3. The molecule has 0 spiro atoms. The molecule has 152 valence electrons. The Kier molecular flexibility index (Phi) is 32.5. The summed E-state index contributed by atoms with van der Waals surface area (Å²) in [5, 5.41) is 38.2. The summed E-state index contributed by atoms with van der Waals surface area (Å²) < 4.78 is 9.50. The maximum absolute atomic E-state index is 9.77. The van der Waals surface area contributed by atoms with Gasteiger partial charge in [-0.1, -0.05) is 19.7 Å². The van der Waals surface area contributed by atoms with Gasteiger partial charge in [0.15, 0.2) is 6.29 Å². The second kappa shape index (κ2) is 24.2. The van der Waals surface area contributed by atoms with Crippen molar-refractivity contribution < 1.29 is 66.0 Å². The first-order chi connectivity index (χ1) is 11.7. The van der Waals surface area contributed by atoms with Crippen molar-refractivity contribution in [1.82, 2.24) is 0 Å². The van der Waals surface area contributed by atoms with Crippen molar-refractivity contribution in [1.29, 1.82) is 0 Å². The average molecular weight is 422 g/mol. The Balaban J connectivity index is -0.0000000794. The SMILES string of the molecule is C=C(C)C(=O)[O-].C=C(C)C(=O)[O-].C=C(C)C(=O)[O-].COC(C)OCC[O-].[Ti+4]. The van der Waals surface area contributed by atoms with Crippen LogP contribution in [0, 0.1) is 0 Å². The zero-order valence-electron chi connectivity index (χ0n) is 16.3. The number of carboxylic acids is 3. The minimum atomic E-state index is -1.19. The first kappa shape index (κ1) is 36.2. The maximum atomic E-state index is 9.77. The summed E-state index contributed by atoms with van der Waals surface area (Å²) in [4.78, 5) is 28.5. The molecule has 0 amide bonds. The molecule has 0 N–H and O–H groups in total. The molecule has 0 saturated carbocycles. The van der Waals surface area contributed by atoms with E-state index in [0.717, 1.165) is 0 Å². The van der Waals surface area contributed by atoms with Crippen molar-refractivity contribution in [3.63, 3.8) is 0 Å². The van der Waals surface area contributed by atoms with Crippen molar-refractivity contribution in [3.05, 3.63) is 36.5 Å². The molecule has 0 aliphatic heterocycles. The zero-order valence-corrected chi connectivity index (χ0v) is 17.8. The van der Waals surface area contributed by atoms with Gasteiger partial charge in [-0.05, 0) is 44.4 Å². The Labute approximate surface area is 174 Å². The Bertz CT molecular complexity index is 380. The molecule has 10 heteroatoms. The fraction of sp³-hybridized carbons (Fsp3) is 0.471. The van der Waals surface area contributed by atoms with Gasteiger partial charge in [0.05, 0.1) is 17.9 Å². The summed E-state index contributed by atoms with van der Waals surface area (Å²) in [7, 11) is 1.54. The molecule has 0 aliphatic carbocycles. The van der Waals surface area contributed by atoms with Gasteiger partial charge in [-0.3, -0.25) is 0 Å². The molecule has 0 aromatic heterocycles. The van der Waals surface area contributed by atoms with Crippen LogP contribution in [0.2, 0.25) is 0 Å². The molecule has 1 atom stereocenters. The van der Waals surface area contributed by atoms with Crippen LogP contribution in [0.4, 0.5) is 0 Å². The van der Waals surface area contributed by atoms with Crippen LogP contribution >= 0.6 is 0 Å². The van der Waals surface area contributed by atoms with Crippen LogP contribution in [-0.4, -0.2) is 44.5 Å². The van der Waals surface area contributed by atoms with Crippen LogP contribution in [0.5, 0.6) is 0 Å². The number of carbonyl (C=O) groups is 3. The molecule has 0 rings (SSSR count). The van der Waals surface area contributed by atoms with Gasteiger partial charge >= 0.3 is 21.7 Å². The number of hydrogen-bond donors (Lipinski definition) is 0. The molecule has 0 aliphatic rings. The Morgan fingerprint density at radius 3 is 1.19 bits per heavy atom. The number of ether oxygens (including phenoxy) is 2. The largest absolute Gasteiger partial charge is 4.00 e. The van der Waals surface area contributed by atoms with E-state index in [0.29, 0.717) is 0 Å². The summed E-state index contributed by atoms with van der Waals surface area (Å²) in [5.41, 5.74) is 0.194. The zero-order chi connectivity index (χ0) is 21.9. The van der Waals surface area contributed by atoms with Crippen molar-refractivity contribution in [3.8, 4) is 0 Å². The maximum Gasteiger partial charge on any atom is 4.00 e. The third-order valence-electron chi connectivity index (χ3n) is 1.81. The molecular formula is C17H26O9Ti. The predicted molar refractivity (Wildman–Crippen MR) is 86.8 cm³/mol. The monoisotopic (exact) mass is 422 g/mol. The van der Waals surface area contributed by atoms with Crippen molar-refractivity contribution in [2.75, 3.05) is 20.3 Å². The molecule has 0 radical (unpaired) electrons. The van der Waals surface area contributed by atoms with E-state index in [1.807, 2.05) is 0 Å². The second-order valence-electron chi connectivity index (χ2n) is 4.58. The van der Waals surface area contributed by atoms with Crippen molar-refractivity contribution >= 4 is 17.9 Å². The van der Waals surface area contributed by atoms with Crippen molar-refractivity contribution in [2.24, 2.45) is 0 Å². The third-order valence-corrected chi connectivity index (χ3v) is 1.81. The molecule has 27 heavy (non-hydrogen) atoms. The Hall–Kier alpha value is -1.78. The van der Waals surface area contributed by atoms with Crippen molar-refractivity contribution in [2.45, 2.75) is 34.0 Å². The van der Waals surface area contributed by atoms with Gasteiger partial charge in [0.25, 0.3) is 0 Å².